The molecule has 0 aromatic carbocycles. The monoisotopic (exact) mass is 273 g/mol. The molecule has 0 bridgehead atoms. The Morgan fingerprint density at radius 1 is 1.44 bits per heavy atom. The summed E-state index contributed by atoms with van der Waals surface area (Å²) in [7, 11) is 1.72. The number of hydrogen-bond donors (Lipinski definition) is 0. The second kappa shape index (κ2) is 5.77. The first kappa shape index (κ1) is 12.0. The van der Waals surface area contributed by atoms with E-state index in [0.717, 1.165) is 39.4 Å². The second-order valence-corrected chi connectivity index (χ2v) is 5.98. The van der Waals surface area contributed by atoms with Gasteiger partial charge < -0.3 is 4.74 Å². The van der Waals surface area contributed by atoms with Crippen LogP contribution in [0.15, 0.2) is 17.5 Å². The lowest BCUT2D eigenvalue weighted by Crippen LogP contribution is -1.91. The van der Waals surface area contributed by atoms with Crippen LogP contribution in [-0.4, -0.2) is 18.7 Å². The first-order valence-corrected chi connectivity index (χ1v) is 7.06. The molecule has 2 aromatic rings. The van der Waals surface area contributed by atoms with Gasteiger partial charge in [-0.3, -0.25) is 0 Å². The third-order valence-electron chi connectivity index (χ3n) is 2.12. The van der Waals surface area contributed by atoms with E-state index in [1.54, 1.807) is 29.8 Å². The molecular weight excluding hydrogens is 262 g/mol. The van der Waals surface area contributed by atoms with E-state index < -0.39 is 0 Å². The maximum absolute atomic E-state index is 5.90. The van der Waals surface area contributed by atoms with E-state index >= 15 is 0 Å². The highest BCUT2D eigenvalue weighted by Crippen LogP contribution is 2.31. The van der Waals surface area contributed by atoms with Crippen molar-refractivity contribution in [3.8, 4) is 10.6 Å². The van der Waals surface area contributed by atoms with E-state index in [-0.39, 0.29) is 0 Å². The summed E-state index contributed by atoms with van der Waals surface area (Å²) in [5.74, 6) is 0. The Labute approximate surface area is 108 Å². The number of nitrogens with zero attached hydrogens (tertiary/aromatic N) is 1. The predicted molar refractivity (Wildman–Crippen MR) is 70.6 cm³/mol. The molecule has 0 unspecified atom stereocenters. The molecule has 0 fully saturated rings. The van der Waals surface area contributed by atoms with Gasteiger partial charge in [-0.25, -0.2) is 4.98 Å². The van der Waals surface area contributed by atoms with Gasteiger partial charge in [0, 0.05) is 25.5 Å². The Kier molecular flexibility index (Phi) is 4.35. The molecule has 86 valence electrons. The molecule has 2 nitrogen and oxygen atoms in total. The van der Waals surface area contributed by atoms with Crippen molar-refractivity contribution in [1.82, 2.24) is 4.98 Å². The molecule has 0 saturated heterocycles. The fraction of sp³-hybridized carbons (Fsp3) is 0.364. The fourth-order valence-electron chi connectivity index (χ4n) is 1.36. The summed E-state index contributed by atoms with van der Waals surface area (Å²) in [6.07, 6.45) is 2.01. The summed E-state index contributed by atoms with van der Waals surface area (Å²) in [4.78, 5) is 5.72. The minimum atomic E-state index is 0.791. The molecule has 2 heterocycles. The van der Waals surface area contributed by atoms with Crippen molar-refractivity contribution >= 4 is 34.3 Å². The highest BCUT2D eigenvalue weighted by Gasteiger charge is 2.06. The third-order valence-corrected chi connectivity index (χ3v) is 4.28. The number of thiazole rings is 1. The van der Waals surface area contributed by atoms with Crippen molar-refractivity contribution in [3.63, 3.8) is 0 Å². The van der Waals surface area contributed by atoms with Crippen molar-refractivity contribution in [1.29, 1.82) is 0 Å². The van der Waals surface area contributed by atoms with E-state index in [9.17, 15) is 0 Å². The summed E-state index contributed by atoms with van der Waals surface area (Å²) in [6, 6.07) is 3.92. The number of aryl methyl sites for hydroxylation is 1. The Balaban J connectivity index is 2.02. The van der Waals surface area contributed by atoms with E-state index in [0.29, 0.717) is 0 Å². The molecule has 0 radical (unpaired) electrons. The molecule has 5 heteroatoms. The molecule has 0 N–H and O–H groups in total. The molecule has 16 heavy (non-hydrogen) atoms. The van der Waals surface area contributed by atoms with Crippen molar-refractivity contribution in [2.45, 2.75) is 12.8 Å². The van der Waals surface area contributed by atoms with E-state index in [1.165, 1.54) is 0 Å². The van der Waals surface area contributed by atoms with Crippen LogP contribution in [0.25, 0.3) is 10.6 Å². The predicted octanol–water partition coefficient (Wildman–Crippen LogP) is 4.10. The smallest absolute Gasteiger partial charge is 0.0935 e. The van der Waals surface area contributed by atoms with Gasteiger partial charge in [0.15, 0.2) is 0 Å². The molecule has 0 aliphatic heterocycles. The zero-order valence-corrected chi connectivity index (χ0v) is 11.3. The van der Waals surface area contributed by atoms with Gasteiger partial charge in [-0.1, -0.05) is 11.6 Å². The van der Waals surface area contributed by atoms with Gasteiger partial charge >= 0.3 is 0 Å². The maximum Gasteiger partial charge on any atom is 0.0935 e. The molecule has 0 atom stereocenters. The van der Waals surface area contributed by atoms with Crippen LogP contribution in [-0.2, 0) is 11.2 Å². The lowest BCUT2D eigenvalue weighted by Gasteiger charge is -1.95. The number of hydrogen-bond acceptors (Lipinski definition) is 4. The first-order valence-electron chi connectivity index (χ1n) is 4.98. The number of methoxy groups -OCH3 is 1. The lowest BCUT2D eigenvalue weighted by atomic mass is 10.3. The average Bonchev–Trinajstić information content (AvgIpc) is 2.87. The van der Waals surface area contributed by atoms with Crippen LogP contribution in [0.1, 0.15) is 11.4 Å². The Bertz CT molecular complexity index is 452. The molecule has 0 spiro atoms. The summed E-state index contributed by atoms with van der Waals surface area (Å²) in [5, 5.41) is 3.25. The maximum atomic E-state index is 5.90. The van der Waals surface area contributed by atoms with Gasteiger partial charge in [0.2, 0.25) is 0 Å². The minimum absolute atomic E-state index is 0.791. The van der Waals surface area contributed by atoms with Gasteiger partial charge in [-0.2, -0.15) is 0 Å². The topological polar surface area (TPSA) is 22.1 Å². The lowest BCUT2D eigenvalue weighted by molar-refractivity contribution is 0.195. The van der Waals surface area contributed by atoms with Gasteiger partial charge in [0.1, 0.15) is 0 Å². The van der Waals surface area contributed by atoms with E-state index in [1.807, 2.05) is 12.1 Å². The summed E-state index contributed by atoms with van der Waals surface area (Å²) < 4.78 is 5.83. The molecule has 0 amide bonds. The van der Waals surface area contributed by atoms with Crippen LogP contribution in [0.4, 0.5) is 0 Å². The Hall–Kier alpha value is -0.420. The standard InChI is InChI=1S/C11H12ClNOS2/c1-14-6-2-3-11-13-8(7-15-11)9-4-5-10(12)16-9/h4-5,7H,2-3,6H2,1H3. The number of rotatable bonds is 5. The zero-order chi connectivity index (χ0) is 11.4. The highest BCUT2D eigenvalue weighted by atomic mass is 35.5. The highest BCUT2D eigenvalue weighted by molar-refractivity contribution is 7.19. The summed E-state index contributed by atoms with van der Waals surface area (Å²) in [6.45, 7) is 0.791. The zero-order valence-electron chi connectivity index (χ0n) is 8.90. The van der Waals surface area contributed by atoms with E-state index in [2.05, 4.69) is 10.4 Å². The molecular formula is C11H12ClNOS2. The van der Waals surface area contributed by atoms with Gasteiger partial charge in [-0.05, 0) is 18.6 Å². The molecule has 0 saturated carbocycles. The fourth-order valence-corrected chi connectivity index (χ4v) is 3.28. The third kappa shape index (κ3) is 3.04. The summed E-state index contributed by atoms with van der Waals surface area (Å²) in [5.41, 5.74) is 1.04. The molecule has 2 rings (SSSR count). The van der Waals surface area contributed by atoms with Gasteiger partial charge in [-0.15, -0.1) is 22.7 Å². The Morgan fingerprint density at radius 2 is 2.31 bits per heavy atom. The molecule has 2 aromatic heterocycles. The number of ether oxygens (including phenoxy) is 1. The van der Waals surface area contributed by atoms with Crippen LogP contribution in [0.3, 0.4) is 0 Å². The second-order valence-electron chi connectivity index (χ2n) is 3.33. The van der Waals surface area contributed by atoms with Crippen molar-refractivity contribution in [2.24, 2.45) is 0 Å². The van der Waals surface area contributed by atoms with Gasteiger partial charge in [0.05, 0.1) is 19.9 Å². The largest absolute Gasteiger partial charge is 0.385 e. The van der Waals surface area contributed by atoms with Gasteiger partial charge in [0.25, 0.3) is 0 Å². The van der Waals surface area contributed by atoms with Crippen LogP contribution in [0.2, 0.25) is 4.34 Å². The molecule has 0 aliphatic rings. The van der Waals surface area contributed by atoms with Crippen LogP contribution < -0.4 is 0 Å². The van der Waals surface area contributed by atoms with Crippen LogP contribution >= 0.6 is 34.3 Å². The van der Waals surface area contributed by atoms with Crippen molar-refractivity contribution in [3.05, 3.63) is 26.9 Å². The van der Waals surface area contributed by atoms with Crippen molar-refractivity contribution < 1.29 is 4.74 Å². The van der Waals surface area contributed by atoms with E-state index in [4.69, 9.17) is 16.3 Å². The SMILES string of the molecule is COCCCc1nc(-c2ccc(Cl)s2)cs1. The van der Waals surface area contributed by atoms with Crippen LogP contribution in [0, 0.1) is 0 Å². The quantitative estimate of drug-likeness (QED) is 0.765. The number of aromatic nitrogens is 1. The number of halogens is 1. The summed E-state index contributed by atoms with van der Waals surface area (Å²) >= 11 is 9.17. The Morgan fingerprint density at radius 3 is 3.00 bits per heavy atom. The first-order chi connectivity index (χ1) is 7.79. The number of thiophene rings is 1. The molecule has 0 aliphatic carbocycles. The van der Waals surface area contributed by atoms with Crippen LogP contribution in [0.5, 0.6) is 0 Å². The average molecular weight is 274 g/mol. The minimum Gasteiger partial charge on any atom is -0.385 e. The van der Waals surface area contributed by atoms with Crippen molar-refractivity contribution in [2.75, 3.05) is 13.7 Å². The normalized spacial score (nSPS) is 10.9.